The van der Waals surface area contributed by atoms with E-state index in [2.05, 4.69) is 145 Å². The van der Waals surface area contributed by atoms with Crippen molar-refractivity contribution < 1.29 is 4.42 Å². The van der Waals surface area contributed by atoms with Crippen LogP contribution in [-0.2, 0) is 0 Å². The Morgan fingerprint density at radius 3 is 2.25 bits per heavy atom. The molecule has 5 heteroatoms. The van der Waals surface area contributed by atoms with Gasteiger partial charge in [-0.1, -0.05) is 120 Å². The normalized spacial score (nSPS) is 12.2. The number of nitrogens with one attached hydrogen (secondary N) is 1. The molecule has 0 atom stereocenters. The van der Waals surface area contributed by atoms with Crippen LogP contribution in [0.15, 0.2) is 156 Å². The van der Waals surface area contributed by atoms with Crippen LogP contribution >= 0.6 is 0 Å². The molecule has 3 heterocycles. The smallest absolute Gasteiger partial charge is 0.227 e. The lowest BCUT2D eigenvalue weighted by molar-refractivity contribution is 0.620. The summed E-state index contributed by atoms with van der Waals surface area (Å²) in [6.07, 6.45) is 0. The Morgan fingerprint density at radius 2 is 1.39 bits per heavy atom. The molecule has 4 nitrogen and oxygen atoms in total. The maximum absolute atomic E-state index is 6.45. The highest BCUT2D eigenvalue weighted by Crippen LogP contribution is 2.45. The average molecular weight is 651 g/mol. The summed E-state index contributed by atoms with van der Waals surface area (Å²) < 4.78 is 8.95. The van der Waals surface area contributed by atoms with Crippen LogP contribution in [-0.4, -0.2) is 16.8 Å². The van der Waals surface area contributed by atoms with Gasteiger partial charge in [-0.05, 0) is 76.6 Å². The Balaban J connectivity index is 1.27. The second kappa shape index (κ2) is 10.7. The van der Waals surface area contributed by atoms with Crippen molar-refractivity contribution in [1.82, 2.24) is 9.55 Å². The molecule has 0 fully saturated rings. The van der Waals surface area contributed by atoms with E-state index in [-0.39, 0.29) is 0 Å². The molecular formula is C46H29BN3O. The summed E-state index contributed by atoms with van der Waals surface area (Å²) in [5.41, 5.74) is 14.1. The molecule has 10 aromatic rings. The van der Waals surface area contributed by atoms with E-state index in [1.165, 1.54) is 59.9 Å². The van der Waals surface area contributed by atoms with Gasteiger partial charge in [0, 0.05) is 49.9 Å². The number of fused-ring (bicyclic) bond motifs is 10. The molecule has 8 aromatic carbocycles. The zero-order chi connectivity index (χ0) is 33.6. The van der Waals surface area contributed by atoms with E-state index in [4.69, 9.17) is 9.40 Å². The monoisotopic (exact) mass is 650 g/mol. The molecule has 1 N–H and O–H groups in total. The summed E-state index contributed by atoms with van der Waals surface area (Å²) in [5.74, 6) is 0.626. The molecule has 0 spiro atoms. The van der Waals surface area contributed by atoms with Gasteiger partial charge >= 0.3 is 0 Å². The summed E-state index contributed by atoms with van der Waals surface area (Å²) in [6.45, 7) is 2.12. The number of hydrogen-bond acceptors (Lipinski definition) is 3. The molecule has 0 saturated heterocycles. The first-order chi connectivity index (χ1) is 25.2. The van der Waals surface area contributed by atoms with Crippen LogP contribution in [0.2, 0.25) is 0 Å². The SMILES string of the molecule is Cc1ccc(Nc2ccccc2-c2c3c4c(c5ccccc25)c2ccc5ccccc5c2n4-c2cc4nc(-c5ccccc5)oc4cc2[B]3)cc1. The van der Waals surface area contributed by atoms with E-state index in [1.54, 1.807) is 0 Å². The summed E-state index contributed by atoms with van der Waals surface area (Å²) in [5, 5.41) is 11.2. The van der Waals surface area contributed by atoms with Gasteiger partial charge in [0.2, 0.25) is 5.89 Å². The standard InChI is InChI=1S/C46H29BN3O/c1-27-19-22-30(23-20-27)48-37-18-10-9-17-34(37)41-32-15-7-8-16-33(32)42-35-24-21-28-11-5-6-14-31(28)44(35)50-39-26-38-40(25-36(39)47-43(41)45(42)50)51-46(49-38)29-12-3-2-4-13-29/h2-26,48H,1H3. The van der Waals surface area contributed by atoms with Gasteiger partial charge in [-0.3, -0.25) is 0 Å². The number of aryl methyl sites for hydroxylation is 1. The van der Waals surface area contributed by atoms with Crippen LogP contribution in [0.25, 0.3) is 82.7 Å². The third-order valence-corrected chi connectivity index (χ3v) is 10.5. The van der Waals surface area contributed by atoms with Gasteiger partial charge < -0.3 is 14.3 Å². The first-order valence-corrected chi connectivity index (χ1v) is 17.4. The van der Waals surface area contributed by atoms with Crippen LogP contribution in [0.5, 0.6) is 0 Å². The summed E-state index contributed by atoms with van der Waals surface area (Å²) in [4.78, 5) is 5.01. The third-order valence-electron chi connectivity index (χ3n) is 10.5. The number of hydrogen-bond donors (Lipinski definition) is 1. The Morgan fingerprint density at radius 1 is 0.647 bits per heavy atom. The zero-order valence-electron chi connectivity index (χ0n) is 27.8. The molecule has 11 rings (SSSR count). The molecule has 0 unspecified atom stereocenters. The number of para-hydroxylation sites is 1. The lowest BCUT2D eigenvalue weighted by atomic mass is 9.58. The minimum atomic E-state index is 0.626. The highest BCUT2D eigenvalue weighted by atomic mass is 16.3. The minimum Gasteiger partial charge on any atom is -0.436 e. The fourth-order valence-electron chi connectivity index (χ4n) is 8.18. The number of rotatable bonds is 4. The maximum atomic E-state index is 6.45. The Labute approximate surface area is 294 Å². The molecule has 0 bridgehead atoms. The highest BCUT2D eigenvalue weighted by Gasteiger charge is 2.30. The Kier molecular flexibility index (Phi) is 5.93. The van der Waals surface area contributed by atoms with E-state index < -0.39 is 0 Å². The predicted molar refractivity (Wildman–Crippen MR) is 214 cm³/mol. The maximum Gasteiger partial charge on any atom is 0.227 e. The molecule has 0 aliphatic carbocycles. The average Bonchev–Trinajstić information content (AvgIpc) is 3.76. The van der Waals surface area contributed by atoms with Crippen molar-refractivity contribution in [3.8, 4) is 28.3 Å². The van der Waals surface area contributed by atoms with Crippen LogP contribution in [0.4, 0.5) is 11.4 Å². The lowest BCUT2D eigenvalue weighted by Crippen LogP contribution is -2.37. The minimum absolute atomic E-state index is 0.626. The zero-order valence-corrected chi connectivity index (χ0v) is 27.8. The topological polar surface area (TPSA) is 43.0 Å². The van der Waals surface area contributed by atoms with E-state index in [9.17, 15) is 0 Å². The first-order valence-electron chi connectivity index (χ1n) is 17.4. The third kappa shape index (κ3) is 4.18. The number of nitrogens with zero attached hydrogens (tertiary/aromatic N) is 2. The largest absolute Gasteiger partial charge is 0.436 e. The van der Waals surface area contributed by atoms with Crippen LogP contribution < -0.4 is 16.2 Å². The van der Waals surface area contributed by atoms with E-state index in [0.29, 0.717) is 5.89 Å². The molecule has 2 aromatic heterocycles. The van der Waals surface area contributed by atoms with Crippen LogP contribution in [0, 0.1) is 6.92 Å². The van der Waals surface area contributed by atoms with Crippen molar-refractivity contribution in [2.45, 2.75) is 6.92 Å². The van der Waals surface area contributed by atoms with Gasteiger partial charge in [0.1, 0.15) is 5.52 Å². The molecule has 1 aliphatic heterocycles. The van der Waals surface area contributed by atoms with Crippen molar-refractivity contribution in [1.29, 1.82) is 0 Å². The molecule has 51 heavy (non-hydrogen) atoms. The van der Waals surface area contributed by atoms with Crippen LogP contribution in [0.1, 0.15) is 5.56 Å². The van der Waals surface area contributed by atoms with E-state index in [0.717, 1.165) is 44.8 Å². The molecule has 237 valence electrons. The molecular weight excluding hydrogens is 621 g/mol. The fraction of sp³-hybridized carbons (Fsp3) is 0.0217. The van der Waals surface area contributed by atoms with E-state index >= 15 is 0 Å². The number of aromatic nitrogens is 2. The summed E-state index contributed by atoms with van der Waals surface area (Å²) in [6, 6.07) is 54.0. The second-order valence-corrected chi connectivity index (χ2v) is 13.5. The summed E-state index contributed by atoms with van der Waals surface area (Å²) >= 11 is 0. The second-order valence-electron chi connectivity index (χ2n) is 13.5. The fourth-order valence-corrected chi connectivity index (χ4v) is 8.18. The van der Waals surface area contributed by atoms with Crippen molar-refractivity contribution >= 4 is 84.0 Å². The highest BCUT2D eigenvalue weighted by molar-refractivity contribution is 6.74. The Bertz CT molecular complexity index is 3030. The first kappa shape index (κ1) is 28.3. The van der Waals surface area contributed by atoms with Crippen molar-refractivity contribution in [2.24, 2.45) is 0 Å². The van der Waals surface area contributed by atoms with Crippen molar-refractivity contribution in [2.75, 3.05) is 5.32 Å². The summed E-state index contributed by atoms with van der Waals surface area (Å²) in [7, 11) is 2.37. The van der Waals surface area contributed by atoms with Crippen molar-refractivity contribution in [3.05, 3.63) is 157 Å². The van der Waals surface area contributed by atoms with Crippen molar-refractivity contribution in [3.63, 3.8) is 0 Å². The van der Waals surface area contributed by atoms with Gasteiger partial charge in [-0.15, -0.1) is 0 Å². The van der Waals surface area contributed by atoms with Gasteiger partial charge in [0.25, 0.3) is 0 Å². The quantitative estimate of drug-likeness (QED) is 0.193. The predicted octanol–water partition coefficient (Wildman–Crippen LogP) is 10.6. The van der Waals surface area contributed by atoms with Gasteiger partial charge in [0.15, 0.2) is 12.9 Å². The molecule has 1 aliphatic rings. The van der Waals surface area contributed by atoms with Crippen LogP contribution in [0.3, 0.4) is 0 Å². The van der Waals surface area contributed by atoms with E-state index in [1.807, 2.05) is 30.3 Å². The number of benzene rings is 8. The van der Waals surface area contributed by atoms with Gasteiger partial charge in [-0.2, -0.15) is 0 Å². The molecule has 0 saturated carbocycles. The van der Waals surface area contributed by atoms with Gasteiger partial charge in [0.05, 0.1) is 5.52 Å². The lowest BCUT2D eigenvalue weighted by Gasteiger charge is -2.25. The number of anilines is 2. The molecule has 0 amide bonds. The number of oxazole rings is 1. The van der Waals surface area contributed by atoms with Gasteiger partial charge in [-0.25, -0.2) is 4.98 Å². The molecule has 1 radical (unpaired) electrons. The Hall–Kier alpha value is -6.59.